The van der Waals surface area contributed by atoms with Crippen LogP contribution >= 0.6 is 0 Å². The van der Waals surface area contributed by atoms with Crippen molar-refractivity contribution in [3.05, 3.63) is 77.8 Å². The highest BCUT2D eigenvalue weighted by molar-refractivity contribution is 5.94. The van der Waals surface area contributed by atoms with Crippen LogP contribution < -0.4 is 0 Å². The molecule has 0 aliphatic carbocycles. The molecule has 1 aromatic carbocycles. The summed E-state index contributed by atoms with van der Waals surface area (Å²) in [6.45, 7) is 1.20. The van der Waals surface area contributed by atoms with Crippen LogP contribution in [0, 0.1) is 5.82 Å². The van der Waals surface area contributed by atoms with Crippen LogP contribution in [-0.4, -0.2) is 38.8 Å². The monoisotopic (exact) mass is 348 g/mol. The number of carbonyl (C=O) groups excluding carboxylic acids is 1. The lowest BCUT2D eigenvalue weighted by Gasteiger charge is -2.20. The standard InChI is InChI=1S/C20H17FN4O/c21-16-3-1-14(2-4-16)19-17-7-11-25(12-8-18(17)23-13-24-19)20(26)15-5-9-22-10-6-15/h1-6,9-10,13H,7-8,11-12H2. The summed E-state index contributed by atoms with van der Waals surface area (Å²) in [5, 5.41) is 0. The fraction of sp³-hybridized carbons (Fsp3) is 0.200. The Morgan fingerprint density at radius 2 is 1.69 bits per heavy atom. The minimum atomic E-state index is -0.275. The Balaban J connectivity index is 1.61. The lowest BCUT2D eigenvalue weighted by molar-refractivity contribution is 0.0763. The molecule has 0 radical (unpaired) electrons. The second-order valence-electron chi connectivity index (χ2n) is 6.18. The highest BCUT2D eigenvalue weighted by atomic mass is 19.1. The molecule has 0 saturated heterocycles. The topological polar surface area (TPSA) is 59.0 Å². The van der Waals surface area contributed by atoms with E-state index in [-0.39, 0.29) is 11.7 Å². The number of hydrogen-bond donors (Lipinski definition) is 0. The molecule has 1 aliphatic rings. The molecule has 0 bridgehead atoms. The Kier molecular flexibility index (Phi) is 4.39. The molecule has 2 aromatic heterocycles. The zero-order valence-electron chi connectivity index (χ0n) is 14.1. The normalized spacial score (nSPS) is 13.8. The van der Waals surface area contributed by atoms with Crippen molar-refractivity contribution in [1.29, 1.82) is 0 Å². The third-order valence-corrected chi connectivity index (χ3v) is 4.62. The molecule has 0 N–H and O–H groups in total. The molecule has 5 nitrogen and oxygen atoms in total. The summed E-state index contributed by atoms with van der Waals surface area (Å²) in [5.74, 6) is -0.278. The van der Waals surface area contributed by atoms with Gasteiger partial charge in [-0.2, -0.15) is 0 Å². The van der Waals surface area contributed by atoms with E-state index in [0.717, 1.165) is 22.5 Å². The number of halogens is 1. The molecule has 26 heavy (non-hydrogen) atoms. The first-order chi connectivity index (χ1) is 12.7. The highest BCUT2D eigenvalue weighted by Crippen LogP contribution is 2.26. The minimum absolute atomic E-state index is 0.00324. The summed E-state index contributed by atoms with van der Waals surface area (Å²) < 4.78 is 13.2. The number of aromatic nitrogens is 3. The predicted octanol–water partition coefficient (Wildman–Crippen LogP) is 2.92. The second kappa shape index (κ2) is 7.00. The summed E-state index contributed by atoms with van der Waals surface area (Å²) >= 11 is 0. The quantitative estimate of drug-likeness (QED) is 0.714. The van der Waals surface area contributed by atoms with Crippen LogP contribution in [-0.2, 0) is 12.8 Å². The van der Waals surface area contributed by atoms with Crippen molar-refractivity contribution in [1.82, 2.24) is 19.9 Å². The molecule has 0 fully saturated rings. The highest BCUT2D eigenvalue weighted by Gasteiger charge is 2.22. The molecular formula is C20H17FN4O. The van der Waals surface area contributed by atoms with Gasteiger partial charge in [-0.3, -0.25) is 9.78 Å². The van der Waals surface area contributed by atoms with Crippen molar-refractivity contribution in [3.63, 3.8) is 0 Å². The molecule has 3 heterocycles. The molecule has 6 heteroatoms. The van der Waals surface area contributed by atoms with Crippen molar-refractivity contribution in [2.75, 3.05) is 13.1 Å². The van der Waals surface area contributed by atoms with Gasteiger partial charge in [-0.15, -0.1) is 0 Å². The Morgan fingerprint density at radius 3 is 2.46 bits per heavy atom. The Bertz CT molecular complexity index is 928. The third-order valence-electron chi connectivity index (χ3n) is 4.62. The molecule has 0 atom stereocenters. The van der Waals surface area contributed by atoms with Gasteiger partial charge in [0.15, 0.2) is 0 Å². The number of fused-ring (bicyclic) bond motifs is 1. The lowest BCUT2D eigenvalue weighted by Crippen LogP contribution is -2.33. The average molecular weight is 348 g/mol. The fourth-order valence-electron chi connectivity index (χ4n) is 3.26. The van der Waals surface area contributed by atoms with Crippen molar-refractivity contribution in [2.45, 2.75) is 12.8 Å². The van der Waals surface area contributed by atoms with Crippen LogP contribution in [0.25, 0.3) is 11.3 Å². The van der Waals surface area contributed by atoms with Crippen LogP contribution in [0.15, 0.2) is 55.1 Å². The van der Waals surface area contributed by atoms with Crippen LogP contribution in [0.4, 0.5) is 4.39 Å². The summed E-state index contributed by atoms with van der Waals surface area (Å²) in [5.41, 5.74) is 4.29. The lowest BCUT2D eigenvalue weighted by atomic mass is 10.0. The summed E-state index contributed by atoms with van der Waals surface area (Å²) in [6, 6.07) is 9.76. The van der Waals surface area contributed by atoms with Crippen molar-refractivity contribution in [2.24, 2.45) is 0 Å². The van der Waals surface area contributed by atoms with E-state index in [2.05, 4.69) is 15.0 Å². The Morgan fingerprint density at radius 1 is 0.962 bits per heavy atom. The van der Waals surface area contributed by atoms with Crippen LogP contribution in [0.2, 0.25) is 0 Å². The number of hydrogen-bond acceptors (Lipinski definition) is 4. The zero-order valence-corrected chi connectivity index (χ0v) is 14.1. The van der Waals surface area contributed by atoms with Crippen molar-refractivity contribution in [3.8, 4) is 11.3 Å². The SMILES string of the molecule is O=C(c1ccncc1)N1CCc2ncnc(-c3ccc(F)cc3)c2CC1. The van der Waals surface area contributed by atoms with Crippen LogP contribution in [0.5, 0.6) is 0 Å². The summed E-state index contributed by atoms with van der Waals surface area (Å²) in [4.78, 5) is 27.3. The van der Waals surface area contributed by atoms with E-state index >= 15 is 0 Å². The van der Waals surface area contributed by atoms with E-state index in [1.54, 1.807) is 36.7 Å². The maximum Gasteiger partial charge on any atom is 0.253 e. The molecule has 1 amide bonds. The van der Waals surface area contributed by atoms with Gasteiger partial charge in [0.2, 0.25) is 0 Å². The molecule has 130 valence electrons. The molecule has 0 saturated carbocycles. The summed E-state index contributed by atoms with van der Waals surface area (Å²) in [7, 11) is 0. The van der Waals surface area contributed by atoms with E-state index in [4.69, 9.17) is 0 Å². The van der Waals surface area contributed by atoms with Crippen molar-refractivity contribution < 1.29 is 9.18 Å². The molecule has 0 spiro atoms. The maximum atomic E-state index is 13.2. The molecular weight excluding hydrogens is 331 g/mol. The number of pyridine rings is 1. The molecule has 0 unspecified atom stereocenters. The fourth-order valence-corrected chi connectivity index (χ4v) is 3.26. The van der Waals surface area contributed by atoms with E-state index < -0.39 is 0 Å². The first kappa shape index (κ1) is 16.3. The van der Waals surface area contributed by atoms with E-state index in [1.807, 2.05) is 4.90 Å². The van der Waals surface area contributed by atoms with E-state index in [0.29, 0.717) is 31.5 Å². The average Bonchev–Trinajstić information content (AvgIpc) is 2.91. The van der Waals surface area contributed by atoms with Gasteiger partial charge in [-0.05, 0) is 42.8 Å². The largest absolute Gasteiger partial charge is 0.338 e. The second-order valence-corrected chi connectivity index (χ2v) is 6.18. The van der Waals surface area contributed by atoms with Gasteiger partial charge >= 0.3 is 0 Å². The van der Waals surface area contributed by atoms with Crippen LogP contribution in [0.3, 0.4) is 0 Å². The van der Waals surface area contributed by atoms with Crippen LogP contribution in [0.1, 0.15) is 21.6 Å². The first-order valence-electron chi connectivity index (χ1n) is 8.50. The smallest absolute Gasteiger partial charge is 0.253 e. The van der Waals surface area contributed by atoms with Gasteiger partial charge < -0.3 is 4.90 Å². The number of nitrogens with zero attached hydrogens (tertiary/aromatic N) is 4. The summed E-state index contributed by atoms with van der Waals surface area (Å²) in [6.07, 6.45) is 6.12. The minimum Gasteiger partial charge on any atom is -0.338 e. The van der Waals surface area contributed by atoms with E-state index in [9.17, 15) is 9.18 Å². The molecule has 4 rings (SSSR count). The number of carbonyl (C=O) groups is 1. The van der Waals surface area contributed by atoms with E-state index in [1.165, 1.54) is 18.5 Å². The molecule has 3 aromatic rings. The van der Waals surface area contributed by atoms with Gasteiger partial charge in [-0.25, -0.2) is 14.4 Å². The van der Waals surface area contributed by atoms with Gasteiger partial charge in [0.1, 0.15) is 12.1 Å². The van der Waals surface area contributed by atoms with Gasteiger partial charge in [0.25, 0.3) is 5.91 Å². The molecule has 1 aliphatic heterocycles. The third kappa shape index (κ3) is 3.18. The number of rotatable bonds is 2. The van der Waals surface area contributed by atoms with Crippen molar-refractivity contribution >= 4 is 5.91 Å². The maximum absolute atomic E-state index is 13.2. The van der Waals surface area contributed by atoms with Gasteiger partial charge in [0, 0.05) is 54.3 Å². The zero-order chi connectivity index (χ0) is 17.9. The first-order valence-corrected chi connectivity index (χ1v) is 8.50. The predicted molar refractivity (Wildman–Crippen MR) is 95.0 cm³/mol. The number of benzene rings is 1. The number of amides is 1. The van der Waals surface area contributed by atoms with Gasteiger partial charge in [-0.1, -0.05) is 0 Å². The Hall–Kier alpha value is -3.15. The van der Waals surface area contributed by atoms with Gasteiger partial charge in [0.05, 0.1) is 5.69 Å². The Labute approximate surface area is 150 Å².